The summed E-state index contributed by atoms with van der Waals surface area (Å²) in [6.07, 6.45) is 0.354. The summed E-state index contributed by atoms with van der Waals surface area (Å²) >= 11 is 1.35. The maximum atomic E-state index is 11.8. The predicted molar refractivity (Wildman–Crippen MR) is 63.3 cm³/mol. The van der Waals surface area contributed by atoms with Gasteiger partial charge in [-0.3, -0.25) is 4.79 Å². The normalized spacial score (nSPS) is 23.9. The van der Waals surface area contributed by atoms with Crippen LogP contribution in [0.3, 0.4) is 0 Å². The second kappa shape index (κ2) is 3.82. The molecule has 1 aliphatic carbocycles. The van der Waals surface area contributed by atoms with Gasteiger partial charge in [0.25, 0.3) is 0 Å². The molecule has 1 saturated carbocycles. The molecule has 0 aromatic carbocycles. The average Bonchev–Trinajstić information content (AvgIpc) is 2.62. The lowest BCUT2D eigenvalue weighted by Gasteiger charge is -2.03. The van der Waals surface area contributed by atoms with Crippen molar-refractivity contribution in [3.8, 4) is 0 Å². The summed E-state index contributed by atoms with van der Waals surface area (Å²) in [7, 11) is 0. The molecule has 88 valence electrons. The number of hydrogen-bond donors (Lipinski definition) is 2. The van der Waals surface area contributed by atoms with Crippen molar-refractivity contribution in [1.82, 2.24) is 4.98 Å². The van der Waals surface area contributed by atoms with Crippen LogP contribution in [0.2, 0.25) is 0 Å². The van der Waals surface area contributed by atoms with E-state index in [4.69, 9.17) is 0 Å². The van der Waals surface area contributed by atoms with Crippen molar-refractivity contribution in [2.75, 3.05) is 5.32 Å². The van der Waals surface area contributed by atoms with Crippen LogP contribution in [0.4, 0.5) is 5.13 Å². The third-order valence-electron chi connectivity index (χ3n) is 3.01. The standard InChI is InChI=1S/C11H16N2O2S/c1-6(14)8-5-16-10(12-8)13-9(15)7-4-11(7,2)3/h5-7,14H,4H2,1-3H3,(H,12,13,15). The lowest BCUT2D eigenvalue weighted by molar-refractivity contribution is -0.118. The Hall–Kier alpha value is -0.940. The first-order valence-corrected chi connectivity index (χ1v) is 6.22. The lowest BCUT2D eigenvalue weighted by atomic mass is 10.1. The van der Waals surface area contributed by atoms with Crippen LogP contribution in [-0.4, -0.2) is 16.0 Å². The highest BCUT2D eigenvalue weighted by Gasteiger charge is 2.50. The molecular weight excluding hydrogens is 224 g/mol. The Labute approximate surface area is 98.7 Å². The van der Waals surface area contributed by atoms with Gasteiger partial charge in [0.15, 0.2) is 5.13 Å². The summed E-state index contributed by atoms with van der Waals surface area (Å²) in [5.41, 5.74) is 0.740. The van der Waals surface area contributed by atoms with E-state index in [0.29, 0.717) is 10.8 Å². The maximum Gasteiger partial charge on any atom is 0.229 e. The number of thiazole rings is 1. The molecule has 4 nitrogen and oxygen atoms in total. The second-order valence-corrected chi connectivity index (χ2v) is 5.85. The van der Waals surface area contributed by atoms with Crippen molar-refractivity contribution in [1.29, 1.82) is 0 Å². The zero-order valence-corrected chi connectivity index (χ0v) is 10.5. The largest absolute Gasteiger partial charge is 0.387 e. The Morgan fingerprint density at radius 1 is 1.75 bits per heavy atom. The zero-order valence-electron chi connectivity index (χ0n) is 9.65. The minimum Gasteiger partial charge on any atom is -0.387 e. The van der Waals surface area contributed by atoms with Gasteiger partial charge >= 0.3 is 0 Å². The van der Waals surface area contributed by atoms with E-state index in [1.807, 2.05) is 0 Å². The van der Waals surface area contributed by atoms with E-state index in [2.05, 4.69) is 24.1 Å². The molecule has 0 bridgehead atoms. The fourth-order valence-electron chi connectivity index (χ4n) is 1.64. The van der Waals surface area contributed by atoms with E-state index < -0.39 is 6.10 Å². The van der Waals surface area contributed by atoms with E-state index in [-0.39, 0.29) is 17.2 Å². The maximum absolute atomic E-state index is 11.8. The number of carbonyl (C=O) groups is 1. The number of anilines is 1. The number of aliphatic hydroxyl groups is 1. The Morgan fingerprint density at radius 3 is 2.81 bits per heavy atom. The van der Waals surface area contributed by atoms with Crippen LogP contribution in [0.1, 0.15) is 39.0 Å². The van der Waals surface area contributed by atoms with Gasteiger partial charge in [0.2, 0.25) is 5.91 Å². The molecule has 0 saturated heterocycles. The highest BCUT2D eigenvalue weighted by molar-refractivity contribution is 7.13. The van der Waals surface area contributed by atoms with Gasteiger partial charge in [0, 0.05) is 11.3 Å². The number of carbonyl (C=O) groups excluding carboxylic acids is 1. The molecule has 2 N–H and O–H groups in total. The van der Waals surface area contributed by atoms with Gasteiger partial charge in [-0.2, -0.15) is 0 Å². The number of amides is 1. The fraction of sp³-hybridized carbons (Fsp3) is 0.636. The molecule has 5 heteroatoms. The van der Waals surface area contributed by atoms with Crippen LogP contribution in [0.5, 0.6) is 0 Å². The molecule has 16 heavy (non-hydrogen) atoms. The molecular formula is C11H16N2O2S. The Morgan fingerprint density at radius 2 is 2.38 bits per heavy atom. The number of nitrogens with one attached hydrogen (secondary N) is 1. The van der Waals surface area contributed by atoms with Crippen LogP contribution < -0.4 is 5.32 Å². The topological polar surface area (TPSA) is 62.2 Å². The summed E-state index contributed by atoms with van der Waals surface area (Å²) in [6.45, 7) is 5.82. The van der Waals surface area contributed by atoms with E-state index >= 15 is 0 Å². The van der Waals surface area contributed by atoms with Crippen LogP contribution in [-0.2, 0) is 4.79 Å². The van der Waals surface area contributed by atoms with Gasteiger partial charge in [-0.15, -0.1) is 11.3 Å². The van der Waals surface area contributed by atoms with E-state index in [1.165, 1.54) is 11.3 Å². The monoisotopic (exact) mass is 240 g/mol. The van der Waals surface area contributed by atoms with Crippen LogP contribution >= 0.6 is 11.3 Å². The summed E-state index contributed by atoms with van der Waals surface area (Å²) in [4.78, 5) is 15.9. The van der Waals surface area contributed by atoms with E-state index in [1.54, 1.807) is 12.3 Å². The fourth-order valence-corrected chi connectivity index (χ4v) is 2.44. The molecule has 1 fully saturated rings. The predicted octanol–water partition coefficient (Wildman–Crippen LogP) is 2.18. The Kier molecular flexibility index (Phi) is 2.75. The number of hydrogen-bond acceptors (Lipinski definition) is 4. The lowest BCUT2D eigenvalue weighted by Crippen LogP contribution is -2.16. The third kappa shape index (κ3) is 2.25. The highest BCUT2D eigenvalue weighted by Crippen LogP contribution is 2.52. The van der Waals surface area contributed by atoms with Crippen LogP contribution in [0, 0.1) is 11.3 Å². The molecule has 2 rings (SSSR count). The van der Waals surface area contributed by atoms with Crippen molar-refractivity contribution in [2.45, 2.75) is 33.3 Å². The molecule has 0 spiro atoms. The summed E-state index contributed by atoms with van der Waals surface area (Å²) in [5.74, 6) is 0.142. The number of aliphatic hydroxyl groups excluding tert-OH is 1. The molecule has 2 unspecified atom stereocenters. The summed E-state index contributed by atoms with van der Waals surface area (Å²) in [6, 6.07) is 0. The van der Waals surface area contributed by atoms with E-state index in [0.717, 1.165) is 6.42 Å². The Bertz CT molecular complexity index is 412. The molecule has 1 aromatic heterocycles. The van der Waals surface area contributed by atoms with Crippen molar-refractivity contribution in [3.63, 3.8) is 0 Å². The number of rotatable bonds is 3. The minimum atomic E-state index is -0.584. The Balaban J connectivity index is 1.97. The van der Waals surface area contributed by atoms with Gasteiger partial charge in [-0.05, 0) is 18.8 Å². The second-order valence-electron chi connectivity index (χ2n) is 4.99. The van der Waals surface area contributed by atoms with Gasteiger partial charge in [-0.1, -0.05) is 13.8 Å². The minimum absolute atomic E-state index is 0.0384. The first-order chi connectivity index (χ1) is 7.40. The average molecular weight is 240 g/mol. The molecule has 1 aromatic rings. The molecule has 1 heterocycles. The SMILES string of the molecule is CC(O)c1csc(NC(=O)C2CC2(C)C)n1. The smallest absolute Gasteiger partial charge is 0.229 e. The molecule has 1 aliphatic rings. The van der Waals surface area contributed by atoms with Gasteiger partial charge in [-0.25, -0.2) is 4.98 Å². The number of nitrogens with zero attached hydrogens (tertiary/aromatic N) is 1. The first-order valence-electron chi connectivity index (χ1n) is 5.34. The van der Waals surface area contributed by atoms with Crippen LogP contribution in [0.15, 0.2) is 5.38 Å². The third-order valence-corrected chi connectivity index (χ3v) is 3.79. The summed E-state index contributed by atoms with van der Waals surface area (Å²) in [5, 5.41) is 14.4. The van der Waals surface area contributed by atoms with Crippen LogP contribution in [0.25, 0.3) is 0 Å². The zero-order chi connectivity index (χ0) is 11.9. The molecule has 2 atom stereocenters. The van der Waals surface area contributed by atoms with Crippen molar-refractivity contribution >= 4 is 22.4 Å². The molecule has 1 amide bonds. The van der Waals surface area contributed by atoms with Gasteiger partial charge < -0.3 is 10.4 Å². The first kappa shape index (κ1) is 11.5. The molecule has 0 radical (unpaired) electrons. The summed E-state index contributed by atoms with van der Waals surface area (Å²) < 4.78 is 0. The van der Waals surface area contributed by atoms with Gasteiger partial charge in [0.05, 0.1) is 11.8 Å². The molecule has 0 aliphatic heterocycles. The number of aromatic nitrogens is 1. The van der Waals surface area contributed by atoms with E-state index in [9.17, 15) is 9.90 Å². The van der Waals surface area contributed by atoms with Gasteiger partial charge in [0.1, 0.15) is 0 Å². The highest BCUT2D eigenvalue weighted by atomic mass is 32.1. The quantitative estimate of drug-likeness (QED) is 0.851. The van der Waals surface area contributed by atoms with Crippen molar-refractivity contribution in [2.24, 2.45) is 11.3 Å². The van der Waals surface area contributed by atoms with Crippen molar-refractivity contribution < 1.29 is 9.90 Å². The van der Waals surface area contributed by atoms with Crippen molar-refractivity contribution in [3.05, 3.63) is 11.1 Å².